The van der Waals surface area contributed by atoms with Gasteiger partial charge >= 0.3 is 0 Å². The summed E-state index contributed by atoms with van der Waals surface area (Å²) < 4.78 is 15.1. The van der Waals surface area contributed by atoms with Gasteiger partial charge in [-0.15, -0.1) is 0 Å². The van der Waals surface area contributed by atoms with Gasteiger partial charge in [-0.1, -0.05) is 88.6 Å². The van der Waals surface area contributed by atoms with Crippen LogP contribution in [0, 0.1) is 0 Å². The quantitative estimate of drug-likeness (QED) is 0.171. The number of benzene rings is 1. The summed E-state index contributed by atoms with van der Waals surface area (Å²) in [6, 6.07) is 7.63. The summed E-state index contributed by atoms with van der Waals surface area (Å²) in [6.07, 6.45) is 21.1. The minimum Gasteiger partial charge on any atom is -0.508 e. The first-order valence-corrected chi connectivity index (χ1v) is 12.5. The molecule has 4 heteroatoms. The van der Waals surface area contributed by atoms with Crippen molar-refractivity contribution in [3.8, 4) is 5.75 Å². The molecule has 2 unspecified atom stereocenters. The molecule has 176 valence electrons. The van der Waals surface area contributed by atoms with Crippen LogP contribution in [0.25, 0.3) is 0 Å². The summed E-state index contributed by atoms with van der Waals surface area (Å²) >= 11 is 0. The molecule has 0 radical (unpaired) electrons. The predicted molar refractivity (Wildman–Crippen MR) is 128 cm³/mol. The number of aromatic hydroxyl groups is 1. The van der Waals surface area contributed by atoms with Crippen molar-refractivity contribution >= 4 is 0 Å². The number of rotatable bonds is 17. The molecule has 0 aliphatic carbocycles. The molecule has 0 amide bonds. The van der Waals surface area contributed by atoms with Crippen LogP contribution in [0.5, 0.6) is 5.75 Å². The van der Waals surface area contributed by atoms with E-state index in [1.165, 1.54) is 64.2 Å². The van der Waals surface area contributed by atoms with Crippen LogP contribution in [0.15, 0.2) is 36.4 Å². The van der Waals surface area contributed by atoms with E-state index in [0.29, 0.717) is 18.0 Å². The Kier molecular flexibility index (Phi) is 14.4. The summed E-state index contributed by atoms with van der Waals surface area (Å²) in [6.45, 7) is 5.53. The summed E-state index contributed by atoms with van der Waals surface area (Å²) in [5.41, 5.74) is 1.05. The molecule has 4 nitrogen and oxygen atoms in total. The molecule has 2 atom stereocenters. The van der Waals surface area contributed by atoms with Gasteiger partial charge in [0, 0.05) is 0 Å². The van der Waals surface area contributed by atoms with Crippen LogP contribution >= 0.6 is 0 Å². The SMILES string of the molecule is C(OCC1CO1)C1CO1.CCCCCCCCCCCC=CCCc1ccccc1O. The second-order valence-corrected chi connectivity index (χ2v) is 8.70. The van der Waals surface area contributed by atoms with Gasteiger partial charge in [-0.3, -0.25) is 0 Å². The van der Waals surface area contributed by atoms with Gasteiger partial charge < -0.3 is 19.3 Å². The van der Waals surface area contributed by atoms with Gasteiger partial charge in [0.1, 0.15) is 18.0 Å². The largest absolute Gasteiger partial charge is 0.508 e. The summed E-state index contributed by atoms with van der Waals surface area (Å²) in [5.74, 6) is 0.426. The van der Waals surface area contributed by atoms with E-state index < -0.39 is 0 Å². The third kappa shape index (κ3) is 15.1. The molecule has 2 heterocycles. The van der Waals surface area contributed by atoms with Gasteiger partial charge in [0.15, 0.2) is 0 Å². The fourth-order valence-electron chi connectivity index (χ4n) is 3.43. The van der Waals surface area contributed by atoms with Crippen molar-refractivity contribution in [3.05, 3.63) is 42.0 Å². The summed E-state index contributed by atoms with van der Waals surface area (Å²) in [4.78, 5) is 0. The maximum atomic E-state index is 9.68. The smallest absolute Gasteiger partial charge is 0.118 e. The lowest BCUT2D eigenvalue weighted by Crippen LogP contribution is -2.06. The molecule has 0 spiro atoms. The van der Waals surface area contributed by atoms with Gasteiger partial charge in [-0.05, 0) is 37.3 Å². The lowest BCUT2D eigenvalue weighted by atomic mass is 10.1. The van der Waals surface area contributed by atoms with Crippen LogP contribution < -0.4 is 0 Å². The van der Waals surface area contributed by atoms with Crippen LogP contribution in [0.2, 0.25) is 0 Å². The van der Waals surface area contributed by atoms with E-state index in [-0.39, 0.29) is 0 Å². The third-order valence-corrected chi connectivity index (χ3v) is 5.63. The van der Waals surface area contributed by atoms with E-state index in [1.54, 1.807) is 6.07 Å². The molecule has 2 saturated heterocycles. The number of phenolic OH excluding ortho intramolecular Hbond substituents is 1. The molecule has 2 fully saturated rings. The Morgan fingerprint density at radius 1 is 0.839 bits per heavy atom. The lowest BCUT2D eigenvalue weighted by molar-refractivity contribution is 0.102. The molecule has 0 saturated carbocycles. The zero-order chi connectivity index (χ0) is 22.0. The first kappa shape index (κ1) is 25.9. The van der Waals surface area contributed by atoms with Crippen molar-refractivity contribution in [2.24, 2.45) is 0 Å². The molecule has 1 aromatic carbocycles. The second kappa shape index (κ2) is 17.2. The molecule has 3 rings (SSSR count). The third-order valence-electron chi connectivity index (χ3n) is 5.63. The Hall–Kier alpha value is -1.36. The monoisotopic (exact) mass is 432 g/mol. The van der Waals surface area contributed by atoms with Crippen LogP contribution in [-0.4, -0.2) is 43.7 Å². The average molecular weight is 433 g/mol. The maximum Gasteiger partial charge on any atom is 0.118 e. The van der Waals surface area contributed by atoms with Crippen molar-refractivity contribution < 1.29 is 19.3 Å². The standard InChI is InChI=1S/C21H34O.C6H10O3/c1-2-3-4-5-6-7-8-9-10-11-12-13-14-17-20-18-15-16-19-21(20)22;1(5-3-8-5)7-2-6-4-9-6/h12-13,15-16,18-19,22H,2-11,14,17H2,1H3;5-6H,1-4H2. The first-order chi connectivity index (χ1) is 15.3. The normalized spacial score (nSPS) is 19.3. The van der Waals surface area contributed by atoms with Gasteiger partial charge in [0.25, 0.3) is 0 Å². The zero-order valence-corrected chi connectivity index (χ0v) is 19.6. The molecule has 2 aliphatic rings. The lowest BCUT2D eigenvalue weighted by Gasteiger charge is -2.01. The highest BCUT2D eigenvalue weighted by atomic mass is 16.6. The molecule has 1 aromatic rings. The summed E-state index contributed by atoms with van der Waals surface area (Å²) in [5, 5.41) is 9.68. The van der Waals surface area contributed by atoms with Crippen molar-refractivity contribution in [2.45, 2.75) is 96.2 Å². The highest BCUT2D eigenvalue weighted by molar-refractivity contribution is 5.31. The number of phenols is 1. The number of allylic oxidation sites excluding steroid dienone is 2. The molecule has 31 heavy (non-hydrogen) atoms. The molecular weight excluding hydrogens is 388 g/mol. The number of ether oxygens (including phenoxy) is 3. The van der Waals surface area contributed by atoms with Crippen molar-refractivity contribution in [3.63, 3.8) is 0 Å². The van der Waals surface area contributed by atoms with E-state index in [1.807, 2.05) is 18.2 Å². The molecule has 1 N–H and O–H groups in total. The zero-order valence-electron chi connectivity index (χ0n) is 19.6. The fourth-order valence-corrected chi connectivity index (χ4v) is 3.43. The minimum absolute atomic E-state index is 0.392. The molecule has 0 aromatic heterocycles. The number of aryl methyl sites for hydroxylation is 1. The van der Waals surface area contributed by atoms with Gasteiger partial charge in [-0.2, -0.15) is 0 Å². The van der Waals surface area contributed by atoms with E-state index in [4.69, 9.17) is 14.2 Å². The second-order valence-electron chi connectivity index (χ2n) is 8.70. The number of hydrogen-bond acceptors (Lipinski definition) is 4. The topological polar surface area (TPSA) is 54.5 Å². The maximum absolute atomic E-state index is 9.68. The van der Waals surface area contributed by atoms with Gasteiger partial charge in [-0.25, -0.2) is 0 Å². The van der Waals surface area contributed by atoms with Crippen molar-refractivity contribution in [1.29, 1.82) is 0 Å². The highest BCUT2D eigenvalue weighted by Crippen LogP contribution is 2.17. The average Bonchev–Trinajstić information content (AvgIpc) is 3.69. The Labute approximate surface area is 190 Å². The van der Waals surface area contributed by atoms with E-state index in [2.05, 4.69) is 19.1 Å². The number of epoxide rings is 2. The number of para-hydroxylation sites is 1. The fraction of sp³-hybridized carbons (Fsp3) is 0.704. The van der Waals surface area contributed by atoms with Crippen LogP contribution in [0.3, 0.4) is 0 Å². The number of hydrogen-bond donors (Lipinski definition) is 1. The molecule has 2 aliphatic heterocycles. The minimum atomic E-state index is 0.392. The Bertz CT molecular complexity index is 566. The van der Waals surface area contributed by atoms with Gasteiger partial charge in [0.2, 0.25) is 0 Å². The molecule has 0 bridgehead atoms. The number of unbranched alkanes of at least 4 members (excludes halogenated alkanes) is 9. The van der Waals surface area contributed by atoms with E-state index >= 15 is 0 Å². The van der Waals surface area contributed by atoms with Crippen LogP contribution in [0.4, 0.5) is 0 Å². The van der Waals surface area contributed by atoms with Gasteiger partial charge in [0.05, 0.1) is 26.4 Å². The first-order valence-electron chi connectivity index (χ1n) is 12.5. The highest BCUT2D eigenvalue weighted by Gasteiger charge is 2.26. The van der Waals surface area contributed by atoms with E-state index in [9.17, 15) is 5.11 Å². The Morgan fingerprint density at radius 2 is 1.39 bits per heavy atom. The summed E-state index contributed by atoms with van der Waals surface area (Å²) in [7, 11) is 0. The molecular formula is C27H44O4. The van der Waals surface area contributed by atoms with Crippen molar-refractivity contribution in [2.75, 3.05) is 26.4 Å². The Morgan fingerprint density at radius 3 is 1.97 bits per heavy atom. The van der Waals surface area contributed by atoms with Crippen LogP contribution in [0.1, 0.15) is 83.1 Å². The van der Waals surface area contributed by atoms with E-state index in [0.717, 1.165) is 44.8 Å². The van der Waals surface area contributed by atoms with Crippen LogP contribution in [-0.2, 0) is 20.6 Å². The Balaban J connectivity index is 0.000000309. The van der Waals surface area contributed by atoms with Crippen molar-refractivity contribution in [1.82, 2.24) is 0 Å². The predicted octanol–water partition coefficient (Wildman–Crippen LogP) is 6.60.